The summed E-state index contributed by atoms with van der Waals surface area (Å²) in [6.07, 6.45) is 1.81. The van der Waals surface area contributed by atoms with Crippen LogP contribution in [0.5, 0.6) is 5.75 Å². The number of nitrogens with one attached hydrogen (secondary N) is 1. The topological polar surface area (TPSA) is 82.2 Å². The van der Waals surface area contributed by atoms with E-state index >= 15 is 0 Å². The summed E-state index contributed by atoms with van der Waals surface area (Å²) in [6.45, 7) is 2.29. The van der Waals surface area contributed by atoms with Gasteiger partial charge in [-0.05, 0) is 61.5 Å². The summed E-state index contributed by atoms with van der Waals surface area (Å²) in [5.74, 6) is -0.281. The fourth-order valence-corrected chi connectivity index (χ4v) is 3.94. The predicted octanol–water partition coefficient (Wildman–Crippen LogP) is 6.32. The molecule has 5 rings (SSSR count). The fourth-order valence-electron chi connectivity index (χ4n) is 3.81. The summed E-state index contributed by atoms with van der Waals surface area (Å²) >= 11 is 5.94. The van der Waals surface area contributed by atoms with Gasteiger partial charge in [0, 0.05) is 40.5 Å². The lowest BCUT2D eigenvalue weighted by Gasteiger charge is -2.07. The standard InChI is InChI=1S/C28H22ClFN4O3/c1-2-36-25-13-10-19(14-23(25)30)27-20(17-34(32-27)22-6-4-3-5-7-22)16-31-28(35)24-15-26(37-33-24)18-8-11-21(29)12-9-18/h3-15,17H,2,16H2,1H3,(H,31,35). The lowest BCUT2D eigenvalue weighted by Crippen LogP contribution is -2.23. The van der Waals surface area contributed by atoms with Gasteiger partial charge in [-0.25, -0.2) is 9.07 Å². The van der Waals surface area contributed by atoms with Crippen LogP contribution in [0.4, 0.5) is 4.39 Å². The summed E-state index contributed by atoms with van der Waals surface area (Å²) in [7, 11) is 0. The first-order chi connectivity index (χ1) is 18.0. The molecule has 2 heterocycles. The van der Waals surface area contributed by atoms with Crippen molar-refractivity contribution in [2.45, 2.75) is 13.5 Å². The number of hydrogen-bond donors (Lipinski definition) is 1. The van der Waals surface area contributed by atoms with Crippen LogP contribution in [0.1, 0.15) is 23.0 Å². The number of amides is 1. The first kappa shape index (κ1) is 24.3. The van der Waals surface area contributed by atoms with Crippen LogP contribution in [0.3, 0.4) is 0 Å². The molecule has 0 aliphatic heterocycles. The summed E-state index contributed by atoms with van der Waals surface area (Å²) < 4.78 is 27.0. The van der Waals surface area contributed by atoms with Gasteiger partial charge in [0.15, 0.2) is 23.0 Å². The number of carbonyl (C=O) groups excluding carboxylic acids is 1. The van der Waals surface area contributed by atoms with Crippen molar-refractivity contribution >= 4 is 17.5 Å². The third kappa shape index (κ3) is 5.39. The average molecular weight is 517 g/mol. The first-order valence-electron chi connectivity index (χ1n) is 11.6. The number of carbonyl (C=O) groups is 1. The number of hydrogen-bond acceptors (Lipinski definition) is 5. The van der Waals surface area contributed by atoms with Gasteiger partial charge in [-0.15, -0.1) is 0 Å². The number of rotatable bonds is 8. The first-order valence-corrected chi connectivity index (χ1v) is 12.0. The van der Waals surface area contributed by atoms with Crippen molar-refractivity contribution in [2.24, 2.45) is 0 Å². The highest BCUT2D eigenvalue weighted by molar-refractivity contribution is 6.30. The maximum absolute atomic E-state index is 14.6. The van der Waals surface area contributed by atoms with Gasteiger partial charge in [-0.3, -0.25) is 4.79 Å². The molecule has 1 N–H and O–H groups in total. The second-order valence-electron chi connectivity index (χ2n) is 8.13. The molecule has 0 spiro atoms. The molecule has 0 aliphatic carbocycles. The van der Waals surface area contributed by atoms with Gasteiger partial charge in [-0.2, -0.15) is 5.10 Å². The highest BCUT2D eigenvalue weighted by atomic mass is 35.5. The molecular weight excluding hydrogens is 495 g/mol. The Balaban J connectivity index is 1.40. The molecule has 2 aromatic heterocycles. The molecule has 0 aliphatic rings. The van der Waals surface area contributed by atoms with Crippen LogP contribution in [0.15, 0.2) is 89.6 Å². The molecule has 0 atom stereocenters. The molecule has 0 unspecified atom stereocenters. The van der Waals surface area contributed by atoms with E-state index in [0.29, 0.717) is 34.2 Å². The molecule has 1 amide bonds. The van der Waals surface area contributed by atoms with Crippen LogP contribution in [0.2, 0.25) is 5.02 Å². The third-order valence-electron chi connectivity index (χ3n) is 5.63. The Bertz CT molecular complexity index is 1530. The Morgan fingerprint density at radius 3 is 2.54 bits per heavy atom. The lowest BCUT2D eigenvalue weighted by atomic mass is 10.1. The largest absolute Gasteiger partial charge is 0.491 e. The van der Waals surface area contributed by atoms with E-state index in [1.54, 1.807) is 60.3 Å². The third-order valence-corrected chi connectivity index (χ3v) is 5.88. The van der Waals surface area contributed by atoms with Crippen molar-refractivity contribution in [1.29, 1.82) is 0 Å². The minimum atomic E-state index is -0.485. The summed E-state index contributed by atoms with van der Waals surface area (Å²) in [4.78, 5) is 12.9. The van der Waals surface area contributed by atoms with E-state index in [4.69, 9.17) is 20.9 Å². The van der Waals surface area contributed by atoms with Crippen LogP contribution in [0, 0.1) is 5.82 Å². The van der Waals surface area contributed by atoms with Gasteiger partial charge in [0.1, 0.15) is 0 Å². The highest BCUT2D eigenvalue weighted by Crippen LogP contribution is 2.28. The van der Waals surface area contributed by atoms with E-state index in [9.17, 15) is 9.18 Å². The van der Waals surface area contributed by atoms with E-state index < -0.39 is 11.7 Å². The zero-order valence-electron chi connectivity index (χ0n) is 19.8. The molecule has 186 valence electrons. The lowest BCUT2D eigenvalue weighted by molar-refractivity contribution is 0.0942. The average Bonchev–Trinajstić information content (AvgIpc) is 3.58. The minimum Gasteiger partial charge on any atom is -0.491 e. The van der Waals surface area contributed by atoms with Crippen molar-refractivity contribution in [3.05, 3.63) is 107 Å². The molecule has 0 fully saturated rings. The molecule has 5 aromatic rings. The number of ether oxygens (including phenoxy) is 1. The molecule has 0 bridgehead atoms. The summed E-state index contributed by atoms with van der Waals surface area (Å²) in [5.41, 5.74) is 3.51. The minimum absolute atomic E-state index is 0.133. The van der Waals surface area contributed by atoms with Crippen LogP contribution < -0.4 is 10.1 Å². The maximum atomic E-state index is 14.6. The molecule has 37 heavy (non-hydrogen) atoms. The Hall–Kier alpha value is -4.43. The number of benzene rings is 3. The van der Waals surface area contributed by atoms with E-state index in [0.717, 1.165) is 11.3 Å². The number of halogens is 2. The quantitative estimate of drug-likeness (QED) is 0.261. The van der Waals surface area contributed by atoms with E-state index in [2.05, 4.69) is 15.6 Å². The molecule has 0 saturated heterocycles. The maximum Gasteiger partial charge on any atom is 0.273 e. The SMILES string of the molecule is CCOc1ccc(-c2nn(-c3ccccc3)cc2CNC(=O)c2cc(-c3ccc(Cl)cc3)on2)cc1F. The molecule has 7 nitrogen and oxygen atoms in total. The second-order valence-corrected chi connectivity index (χ2v) is 8.56. The van der Waals surface area contributed by atoms with Gasteiger partial charge >= 0.3 is 0 Å². The van der Waals surface area contributed by atoms with Crippen molar-refractivity contribution in [3.63, 3.8) is 0 Å². The number of para-hydroxylation sites is 1. The number of nitrogens with zero attached hydrogens (tertiary/aromatic N) is 3. The smallest absolute Gasteiger partial charge is 0.273 e. The Morgan fingerprint density at radius 2 is 1.81 bits per heavy atom. The van der Waals surface area contributed by atoms with Gasteiger partial charge in [0.2, 0.25) is 0 Å². The molecule has 3 aromatic carbocycles. The van der Waals surface area contributed by atoms with Crippen molar-refractivity contribution < 1.29 is 18.4 Å². The van der Waals surface area contributed by atoms with Crippen molar-refractivity contribution in [2.75, 3.05) is 6.61 Å². The van der Waals surface area contributed by atoms with E-state index in [1.807, 2.05) is 30.3 Å². The molecule has 9 heteroatoms. The van der Waals surface area contributed by atoms with Crippen LogP contribution >= 0.6 is 11.6 Å². The Kier molecular flexibility index (Phi) is 7.00. The van der Waals surface area contributed by atoms with Gasteiger partial charge in [0.25, 0.3) is 5.91 Å². The van der Waals surface area contributed by atoms with Gasteiger partial charge in [0.05, 0.1) is 18.0 Å². The van der Waals surface area contributed by atoms with Crippen LogP contribution in [-0.4, -0.2) is 27.5 Å². The van der Waals surface area contributed by atoms with Crippen LogP contribution in [0.25, 0.3) is 28.3 Å². The highest BCUT2D eigenvalue weighted by Gasteiger charge is 2.18. The molecule has 0 saturated carbocycles. The zero-order chi connectivity index (χ0) is 25.8. The van der Waals surface area contributed by atoms with E-state index in [-0.39, 0.29) is 18.0 Å². The summed E-state index contributed by atoms with van der Waals surface area (Å²) in [5, 5.41) is 12.0. The zero-order valence-corrected chi connectivity index (χ0v) is 20.6. The van der Waals surface area contributed by atoms with Crippen LogP contribution in [-0.2, 0) is 6.54 Å². The number of aromatic nitrogens is 3. The summed E-state index contributed by atoms with van der Waals surface area (Å²) in [6, 6.07) is 22.8. The van der Waals surface area contributed by atoms with Gasteiger partial charge in [-0.1, -0.05) is 35.0 Å². The fraction of sp³-hybridized carbons (Fsp3) is 0.107. The predicted molar refractivity (Wildman–Crippen MR) is 138 cm³/mol. The normalized spacial score (nSPS) is 10.9. The van der Waals surface area contributed by atoms with Gasteiger partial charge < -0.3 is 14.6 Å². The second kappa shape index (κ2) is 10.7. The molecular formula is C28H22ClFN4O3. The van der Waals surface area contributed by atoms with E-state index in [1.165, 1.54) is 6.07 Å². The van der Waals surface area contributed by atoms with Crippen molar-refractivity contribution in [3.8, 4) is 34.0 Å². The Morgan fingerprint density at radius 1 is 1.05 bits per heavy atom. The van der Waals surface area contributed by atoms with Crippen molar-refractivity contribution in [1.82, 2.24) is 20.3 Å². The Labute approximate surface area is 217 Å². The molecule has 0 radical (unpaired) electrons. The monoisotopic (exact) mass is 516 g/mol.